The zero-order chi connectivity index (χ0) is 11.3. The third-order valence-electron chi connectivity index (χ3n) is 1.60. The number of aryl methyl sites for hydroxylation is 1. The van der Waals surface area contributed by atoms with E-state index in [4.69, 9.17) is 10.3 Å². The normalized spacial score (nSPS) is 11.9. The fourth-order valence-corrected chi connectivity index (χ4v) is 1.03. The van der Waals surface area contributed by atoms with Gasteiger partial charge in [0.25, 0.3) is 0 Å². The molecule has 1 aromatic rings. The van der Waals surface area contributed by atoms with Crippen molar-refractivity contribution in [1.82, 2.24) is 15.7 Å². The van der Waals surface area contributed by atoms with E-state index in [1.54, 1.807) is 6.20 Å². The monoisotopic (exact) mass is 211 g/mol. The van der Waals surface area contributed by atoms with E-state index in [0.29, 0.717) is 18.4 Å². The van der Waals surface area contributed by atoms with Crippen molar-refractivity contribution >= 4 is 5.96 Å². The van der Waals surface area contributed by atoms with Crippen molar-refractivity contribution in [2.75, 3.05) is 0 Å². The molecular weight excluding hydrogens is 194 g/mol. The van der Waals surface area contributed by atoms with Crippen molar-refractivity contribution in [3.63, 3.8) is 0 Å². The number of nitrogens with zero attached hydrogens (tertiary/aromatic N) is 2. The Bertz CT molecular complexity index is 331. The average Bonchev–Trinajstić information content (AvgIpc) is 2.58. The summed E-state index contributed by atoms with van der Waals surface area (Å²) >= 11 is 0. The van der Waals surface area contributed by atoms with Crippen molar-refractivity contribution in [2.24, 2.45) is 10.8 Å². The Morgan fingerprint density at radius 1 is 1.67 bits per heavy atom. The second-order valence-electron chi connectivity index (χ2n) is 3.47. The molecule has 0 amide bonds. The predicted molar refractivity (Wildman–Crippen MR) is 58.0 cm³/mol. The number of rotatable bonds is 3. The van der Waals surface area contributed by atoms with Gasteiger partial charge in [0.15, 0.2) is 0 Å². The first-order valence-electron chi connectivity index (χ1n) is 4.80. The summed E-state index contributed by atoms with van der Waals surface area (Å²) in [6.07, 6.45) is 1.66. The Morgan fingerprint density at radius 2 is 2.40 bits per heavy atom. The van der Waals surface area contributed by atoms with Crippen LogP contribution in [0, 0.1) is 6.92 Å². The summed E-state index contributed by atoms with van der Waals surface area (Å²) in [5.41, 5.74) is 2.48. The van der Waals surface area contributed by atoms with Gasteiger partial charge in [0.05, 0.1) is 6.20 Å². The molecule has 0 aliphatic rings. The van der Waals surface area contributed by atoms with Gasteiger partial charge in [-0.15, -0.1) is 0 Å². The number of aromatic nitrogens is 1. The first kappa shape index (κ1) is 11.5. The molecule has 0 fully saturated rings. The van der Waals surface area contributed by atoms with E-state index in [0.717, 1.165) is 5.76 Å². The second kappa shape index (κ2) is 5.35. The number of guanidine groups is 1. The largest absolute Gasteiger partial charge is 0.444 e. The number of oxazole rings is 1. The van der Waals surface area contributed by atoms with Gasteiger partial charge in [-0.05, 0) is 20.8 Å². The Balaban J connectivity index is 2.54. The molecule has 6 nitrogen and oxygen atoms in total. The first-order chi connectivity index (χ1) is 7.11. The molecule has 0 atom stereocenters. The van der Waals surface area contributed by atoms with E-state index in [2.05, 4.69) is 20.7 Å². The highest BCUT2D eigenvalue weighted by Gasteiger charge is 2.01. The van der Waals surface area contributed by atoms with Crippen LogP contribution in [0.5, 0.6) is 0 Å². The highest BCUT2D eigenvalue weighted by molar-refractivity contribution is 5.79. The molecule has 1 heterocycles. The lowest BCUT2D eigenvalue weighted by atomic mass is 10.4. The summed E-state index contributed by atoms with van der Waals surface area (Å²) in [5, 5.41) is 3.05. The molecule has 0 saturated carbocycles. The Morgan fingerprint density at radius 3 is 2.87 bits per heavy atom. The quantitative estimate of drug-likeness (QED) is 0.289. The summed E-state index contributed by atoms with van der Waals surface area (Å²) in [7, 11) is 0. The molecular formula is C9H17N5O. The maximum absolute atomic E-state index is 5.30. The lowest BCUT2D eigenvalue weighted by Gasteiger charge is -2.11. The minimum Gasteiger partial charge on any atom is -0.444 e. The van der Waals surface area contributed by atoms with Crippen LogP contribution in [0.15, 0.2) is 15.6 Å². The number of hydrazine groups is 1. The van der Waals surface area contributed by atoms with E-state index in [-0.39, 0.29) is 6.04 Å². The fraction of sp³-hybridized carbons (Fsp3) is 0.556. The van der Waals surface area contributed by atoms with E-state index >= 15 is 0 Å². The Labute approximate surface area is 88.9 Å². The molecule has 0 aliphatic heterocycles. The maximum atomic E-state index is 5.30. The van der Waals surface area contributed by atoms with E-state index in [1.165, 1.54) is 0 Å². The highest BCUT2D eigenvalue weighted by atomic mass is 16.4. The summed E-state index contributed by atoms with van der Waals surface area (Å²) in [5.74, 6) is 7.18. The predicted octanol–water partition coefficient (Wildman–Crippen LogP) is 0.300. The third kappa shape index (κ3) is 3.99. The summed E-state index contributed by atoms with van der Waals surface area (Å²) < 4.78 is 5.27. The molecule has 1 rings (SSSR count). The number of nitrogens with two attached hydrogens (primary N) is 1. The molecule has 1 aromatic heterocycles. The van der Waals surface area contributed by atoms with Crippen LogP contribution in [0.3, 0.4) is 0 Å². The van der Waals surface area contributed by atoms with Crippen LogP contribution < -0.4 is 16.6 Å². The highest BCUT2D eigenvalue weighted by Crippen LogP contribution is 2.02. The first-order valence-corrected chi connectivity index (χ1v) is 4.80. The van der Waals surface area contributed by atoms with E-state index < -0.39 is 0 Å². The lowest BCUT2D eigenvalue weighted by molar-refractivity contribution is 0.473. The summed E-state index contributed by atoms with van der Waals surface area (Å²) in [6.45, 7) is 6.21. The van der Waals surface area contributed by atoms with Crippen molar-refractivity contribution in [1.29, 1.82) is 0 Å². The van der Waals surface area contributed by atoms with Gasteiger partial charge >= 0.3 is 0 Å². The van der Waals surface area contributed by atoms with Crippen LogP contribution in [0.2, 0.25) is 0 Å². The zero-order valence-corrected chi connectivity index (χ0v) is 9.24. The van der Waals surface area contributed by atoms with Gasteiger partial charge in [-0.1, -0.05) is 0 Å². The smallest absolute Gasteiger partial charge is 0.216 e. The lowest BCUT2D eigenvalue weighted by Crippen LogP contribution is -2.44. The SMILES string of the molecule is Cc1cnc(CN=C(NN)NC(C)C)o1. The summed E-state index contributed by atoms with van der Waals surface area (Å²) in [6, 6.07) is 0.270. The van der Waals surface area contributed by atoms with Crippen molar-refractivity contribution in [3.05, 3.63) is 17.8 Å². The number of hydrogen-bond donors (Lipinski definition) is 3. The maximum Gasteiger partial charge on any atom is 0.216 e. The molecule has 84 valence electrons. The van der Waals surface area contributed by atoms with Crippen LogP contribution in [0.25, 0.3) is 0 Å². The zero-order valence-electron chi connectivity index (χ0n) is 9.24. The van der Waals surface area contributed by atoms with Gasteiger partial charge in [-0.25, -0.2) is 15.8 Å². The van der Waals surface area contributed by atoms with Crippen molar-refractivity contribution in [2.45, 2.75) is 33.4 Å². The van der Waals surface area contributed by atoms with Gasteiger partial charge < -0.3 is 9.73 Å². The fourth-order valence-electron chi connectivity index (χ4n) is 1.03. The molecule has 6 heteroatoms. The summed E-state index contributed by atoms with van der Waals surface area (Å²) in [4.78, 5) is 8.21. The van der Waals surface area contributed by atoms with Gasteiger partial charge in [0.1, 0.15) is 12.3 Å². The number of nitrogens with one attached hydrogen (secondary N) is 2. The molecule has 0 unspecified atom stereocenters. The molecule has 0 bridgehead atoms. The van der Waals surface area contributed by atoms with Gasteiger partial charge in [0, 0.05) is 6.04 Å². The minimum atomic E-state index is 0.270. The van der Waals surface area contributed by atoms with Crippen molar-refractivity contribution < 1.29 is 4.42 Å². The Hall–Kier alpha value is -1.56. The second-order valence-corrected chi connectivity index (χ2v) is 3.47. The molecule has 0 saturated heterocycles. The third-order valence-corrected chi connectivity index (χ3v) is 1.60. The molecule has 15 heavy (non-hydrogen) atoms. The average molecular weight is 211 g/mol. The number of aliphatic imine (C=N–C) groups is 1. The van der Waals surface area contributed by atoms with Crippen LogP contribution in [-0.2, 0) is 6.54 Å². The van der Waals surface area contributed by atoms with Crippen LogP contribution in [-0.4, -0.2) is 17.0 Å². The molecule has 0 spiro atoms. The minimum absolute atomic E-state index is 0.270. The molecule has 0 aromatic carbocycles. The van der Waals surface area contributed by atoms with E-state index in [1.807, 2.05) is 20.8 Å². The van der Waals surface area contributed by atoms with Gasteiger partial charge in [-0.2, -0.15) is 0 Å². The molecule has 4 N–H and O–H groups in total. The molecule has 0 aliphatic carbocycles. The standard InChI is InChI=1S/C9H17N5O/c1-6(2)13-9(14-10)12-5-8-11-4-7(3)15-8/h4,6H,5,10H2,1-3H3,(H2,12,13,14). The molecule has 0 radical (unpaired) electrons. The topological polar surface area (TPSA) is 88.5 Å². The van der Waals surface area contributed by atoms with Crippen LogP contribution in [0.1, 0.15) is 25.5 Å². The van der Waals surface area contributed by atoms with Crippen LogP contribution in [0.4, 0.5) is 0 Å². The number of hydrogen-bond acceptors (Lipinski definition) is 4. The Kier molecular flexibility index (Phi) is 4.11. The van der Waals surface area contributed by atoms with Gasteiger partial charge in [-0.3, -0.25) is 5.43 Å². The van der Waals surface area contributed by atoms with E-state index in [9.17, 15) is 0 Å². The van der Waals surface area contributed by atoms with Crippen molar-refractivity contribution in [3.8, 4) is 0 Å². The van der Waals surface area contributed by atoms with Gasteiger partial charge in [0.2, 0.25) is 11.9 Å². The van der Waals surface area contributed by atoms with Crippen LogP contribution >= 0.6 is 0 Å².